The average molecular weight is 225 g/mol. The number of nitrogens with zero attached hydrogens (tertiary/aromatic N) is 1. The highest BCUT2D eigenvalue weighted by Gasteiger charge is 2.09. The molecular weight excluding hydrogens is 208 g/mol. The van der Waals surface area contributed by atoms with Crippen LogP contribution in [0.5, 0.6) is 0 Å². The normalized spacial score (nSPS) is 14.5. The van der Waals surface area contributed by atoms with Gasteiger partial charge in [-0.15, -0.1) is 11.6 Å². The highest BCUT2D eigenvalue weighted by atomic mass is 35.5. The number of fused-ring (bicyclic) bond motifs is 1. The third kappa shape index (κ3) is 2.85. The van der Waals surface area contributed by atoms with Crippen molar-refractivity contribution in [3.8, 4) is 0 Å². The molecule has 0 radical (unpaired) electrons. The van der Waals surface area contributed by atoms with Crippen LogP contribution in [0.4, 0.5) is 5.82 Å². The molecule has 1 aromatic heterocycles. The molecule has 0 amide bonds. The monoisotopic (exact) mass is 224 g/mol. The lowest BCUT2D eigenvalue weighted by Crippen LogP contribution is -2.13. The minimum Gasteiger partial charge on any atom is -0.370 e. The number of halogens is 1. The van der Waals surface area contributed by atoms with E-state index in [2.05, 4.69) is 22.4 Å². The Bertz CT molecular complexity index is 325. The van der Waals surface area contributed by atoms with Crippen molar-refractivity contribution < 1.29 is 0 Å². The lowest BCUT2D eigenvalue weighted by Gasteiger charge is -2.17. The van der Waals surface area contributed by atoms with E-state index in [4.69, 9.17) is 11.6 Å². The molecule has 0 fully saturated rings. The Hall–Kier alpha value is -0.760. The number of pyridine rings is 1. The molecule has 0 atom stereocenters. The van der Waals surface area contributed by atoms with E-state index >= 15 is 0 Å². The molecule has 1 aliphatic rings. The topological polar surface area (TPSA) is 24.9 Å². The van der Waals surface area contributed by atoms with Crippen LogP contribution in [0.2, 0.25) is 0 Å². The standard InChI is InChI=1S/C12H17ClN2/c13-8-2-1-5-11-7-6-10-4-3-9-14-12(10)15-11/h6-7H,1-5,8-9H2,(H,14,15). The number of rotatable bonds is 4. The number of alkyl halides is 1. The van der Waals surface area contributed by atoms with Crippen LogP contribution in [0, 0.1) is 0 Å². The van der Waals surface area contributed by atoms with Crippen molar-refractivity contribution in [3.63, 3.8) is 0 Å². The van der Waals surface area contributed by atoms with Crippen molar-refractivity contribution in [3.05, 3.63) is 23.4 Å². The molecule has 0 aromatic carbocycles. The van der Waals surface area contributed by atoms with Gasteiger partial charge in [0.2, 0.25) is 0 Å². The van der Waals surface area contributed by atoms with Crippen LogP contribution in [-0.2, 0) is 12.8 Å². The van der Waals surface area contributed by atoms with E-state index in [9.17, 15) is 0 Å². The van der Waals surface area contributed by atoms with Crippen molar-refractivity contribution in [1.82, 2.24) is 4.98 Å². The molecule has 1 aromatic rings. The highest BCUT2D eigenvalue weighted by molar-refractivity contribution is 6.17. The fraction of sp³-hybridized carbons (Fsp3) is 0.583. The SMILES string of the molecule is ClCCCCc1ccc2c(n1)NCCC2. The molecule has 0 saturated carbocycles. The first kappa shape index (κ1) is 10.7. The van der Waals surface area contributed by atoms with Crippen LogP contribution >= 0.6 is 11.6 Å². The molecule has 2 rings (SSSR count). The summed E-state index contributed by atoms with van der Waals surface area (Å²) < 4.78 is 0. The third-order valence-electron chi connectivity index (χ3n) is 2.77. The molecular formula is C12H17ClN2. The molecule has 0 spiro atoms. The van der Waals surface area contributed by atoms with Crippen molar-refractivity contribution in [2.75, 3.05) is 17.7 Å². The van der Waals surface area contributed by atoms with Crippen LogP contribution in [0.25, 0.3) is 0 Å². The predicted octanol–water partition coefficient (Wildman–Crippen LogP) is 3.00. The van der Waals surface area contributed by atoms with Crippen LogP contribution in [0.1, 0.15) is 30.5 Å². The van der Waals surface area contributed by atoms with E-state index in [0.29, 0.717) is 0 Å². The third-order valence-corrected chi connectivity index (χ3v) is 3.04. The fourth-order valence-electron chi connectivity index (χ4n) is 1.91. The molecule has 2 heterocycles. The van der Waals surface area contributed by atoms with Gasteiger partial charge in [-0.05, 0) is 43.7 Å². The minimum atomic E-state index is 0.753. The summed E-state index contributed by atoms with van der Waals surface area (Å²) in [6.07, 6.45) is 5.64. The van der Waals surface area contributed by atoms with Gasteiger partial charge in [0.25, 0.3) is 0 Å². The molecule has 0 bridgehead atoms. The van der Waals surface area contributed by atoms with Gasteiger partial charge < -0.3 is 5.32 Å². The molecule has 2 nitrogen and oxygen atoms in total. The van der Waals surface area contributed by atoms with Crippen LogP contribution in [-0.4, -0.2) is 17.4 Å². The van der Waals surface area contributed by atoms with Gasteiger partial charge in [-0.1, -0.05) is 6.07 Å². The quantitative estimate of drug-likeness (QED) is 0.628. The Morgan fingerprint density at radius 2 is 2.27 bits per heavy atom. The largest absolute Gasteiger partial charge is 0.370 e. The number of aryl methyl sites for hydroxylation is 2. The van der Waals surface area contributed by atoms with Gasteiger partial charge in [0.1, 0.15) is 5.82 Å². The molecule has 3 heteroatoms. The van der Waals surface area contributed by atoms with Gasteiger partial charge in [-0.3, -0.25) is 0 Å². The van der Waals surface area contributed by atoms with Crippen molar-refractivity contribution in [1.29, 1.82) is 0 Å². The number of aromatic nitrogens is 1. The summed E-state index contributed by atoms with van der Waals surface area (Å²) >= 11 is 5.65. The van der Waals surface area contributed by atoms with Crippen molar-refractivity contribution in [2.45, 2.75) is 32.1 Å². The van der Waals surface area contributed by atoms with E-state index in [1.165, 1.54) is 17.7 Å². The van der Waals surface area contributed by atoms with Gasteiger partial charge in [-0.2, -0.15) is 0 Å². The fourth-order valence-corrected chi connectivity index (χ4v) is 2.10. The molecule has 0 saturated heterocycles. The molecule has 82 valence electrons. The number of hydrogen-bond donors (Lipinski definition) is 1. The van der Waals surface area contributed by atoms with Gasteiger partial charge in [0.15, 0.2) is 0 Å². The van der Waals surface area contributed by atoms with Gasteiger partial charge in [0.05, 0.1) is 0 Å². The first-order valence-corrected chi connectivity index (χ1v) is 6.22. The number of hydrogen-bond acceptors (Lipinski definition) is 2. The lowest BCUT2D eigenvalue weighted by molar-refractivity contribution is 0.767. The maximum absolute atomic E-state index is 5.65. The zero-order valence-electron chi connectivity index (χ0n) is 8.93. The van der Waals surface area contributed by atoms with E-state index in [0.717, 1.165) is 43.9 Å². The Morgan fingerprint density at radius 3 is 3.13 bits per heavy atom. The second kappa shape index (κ2) is 5.36. The van der Waals surface area contributed by atoms with Gasteiger partial charge in [-0.25, -0.2) is 4.98 Å². The summed E-state index contributed by atoms with van der Waals surface area (Å²) in [5.74, 6) is 1.85. The summed E-state index contributed by atoms with van der Waals surface area (Å²) in [6, 6.07) is 4.37. The lowest BCUT2D eigenvalue weighted by atomic mass is 10.1. The highest BCUT2D eigenvalue weighted by Crippen LogP contribution is 2.20. The van der Waals surface area contributed by atoms with Crippen LogP contribution in [0.15, 0.2) is 12.1 Å². The second-order valence-electron chi connectivity index (χ2n) is 3.99. The number of unbranched alkanes of at least 4 members (excludes halogenated alkanes) is 1. The first-order chi connectivity index (χ1) is 7.40. The van der Waals surface area contributed by atoms with Crippen LogP contribution in [0.3, 0.4) is 0 Å². The Balaban J connectivity index is 2.00. The van der Waals surface area contributed by atoms with Crippen molar-refractivity contribution in [2.24, 2.45) is 0 Å². The van der Waals surface area contributed by atoms with Crippen LogP contribution < -0.4 is 5.32 Å². The maximum atomic E-state index is 5.65. The van der Waals surface area contributed by atoms with E-state index in [1.54, 1.807) is 0 Å². The summed E-state index contributed by atoms with van der Waals surface area (Å²) in [4.78, 5) is 4.63. The Kier molecular flexibility index (Phi) is 3.84. The zero-order chi connectivity index (χ0) is 10.5. The zero-order valence-corrected chi connectivity index (χ0v) is 9.69. The summed E-state index contributed by atoms with van der Waals surface area (Å²) in [6.45, 7) is 1.06. The molecule has 0 unspecified atom stereocenters. The minimum absolute atomic E-state index is 0.753. The second-order valence-corrected chi connectivity index (χ2v) is 4.36. The summed E-state index contributed by atoms with van der Waals surface area (Å²) in [5.41, 5.74) is 2.55. The molecule has 0 aliphatic carbocycles. The number of anilines is 1. The van der Waals surface area contributed by atoms with Crippen molar-refractivity contribution >= 4 is 17.4 Å². The van der Waals surface area contributed by atoms with E-state index in [1.807, 2.05) is 0 Å². The van der Waals surface area contributed by atoms with E-state index < -0.39 is 0 Å². The average Bonchev–Trinajstić information content (AvgIpc) is 2.29. The van der Waals surface area contributed by atoms with Gasteiger partial charge in [0, 0.05) is 18.1 Å². The first-order valence-electron chi connectivity index (χ1n) is 5.69. The molecule has 15 heavy (non-hydrogen) atoms. The maximum Gasteiger partial charge on any atom is 0.129 e. The Morgan fingerprint density at radius 1 is 1.33 bits per heavy atom. The summed E-state index contributed by atoms with van der Waals surface area (Å²) in [7, 11) is 0. The smallest absolute Gasteiger partial charge is 0.129 e. The summed E-state index contributed by atoms with van der Waals surface area (Å²) in [5, 5.41) is 3.36. The Labute approximate surface area is 96.1 Å². The predicted molar refractivity (Wildman–Crippen MR) is 64.7 cm³/mol. The molecule has 1 N–H and O–H groups in total. The number of nitrogens with one attached hydrogen (secondary N) is 1. The van der Waals surface area contributed by atoms with E-state index in [-0.39, 0.29) is 0 Å². The van der Waals surface area contributed by atoms with Gasteiger partial charge >= 0.3 is 0 Å². The molecule has 1 aliphatic heterocycles.